The van der Waals surface area contributed by atoms with E-state index < -0.39 is 17.6 Å². The van der Waals surface area contributed by atoms with Crippen LogP contribution in [0.15, 0.2) is 79.3 Å². The second kappa shape index (κ2) is 9.07. The lowest BCUT2D eigenvalue weighted by atomic mass is 10.1. The number of alkyl halides is 3. The topological polar surface area (TPSA) is 79.8 Å². The van der Waals surface area contributed by atoms with Gasteiger partial charge < -0.3 is 10.6 Å². The van der Waals surface area contributed by atoms with Crippen LogP contribution in [0.4, 0.5) is 30.5 Å². The van der Waals surface area contributed by atoms with E-state index in [1.807, 2.05) is 19.1 Å². The molecular formula is C24H18F3N5O. The summed E-state index contributed by atoms with van der Waals surface area (Å²) in [5.41, 5.74) is 2.46. The molecule has 0 saturated heterocycles. The normalized spacial score (nSPS) is 11.2. The number of anilines is 3. The molecule has 9 heteroatoms. The monoisotopic (exact) mass is 449 g/mol. The van der Waals surface area contributed by atoms with E-state index in [-0.39, 0.29) is 5.56 Å². The molecule has 0 spiro atoms. The van der Waals surface area contributed by atoms with Crippen LogP contribution in [-0.2, 0) is 6.18 Å². The van der Waals surface area contributed by atoms with Crippen LogP contribution in [0.1, 0.15) is 21.5 Å². The van der Waals surface area contributed by atoms with Crippen molar-refractivity contribution in [1.82, 2.24) is 15.0 Å². The Hall–Kier alpha value is -4.27. The van der Waals surface area contributed by atoms with Gasteiger partial charge in [-0.1, -0.05) is 12.1 Å². The fourth-order valence-electron chi connectivity index (χ4n) is 3.09. The Morgan fingerprint density at radius 1 is 0.970 bits per heavy atom. The summed E-state index contributed by atoms with van der Waals surface area (Å²) in [6.45, 7) is 1.87. The molecule has 2 aromatic carbocycles. The Morgan fingerprint density at radius 2 is 1.82 bits per heavy atom. The Morgan fingerprint density at radius 3 is 2.58 bits per heavy atom. The molecule has 0 saturated carbocycles. The number of hydrogen-bond donors (Lipinski definition) is 2. The van der Waals surface area contributed by atoms with Gasteiger partial charge in [-0.15, -0.1) is 0 Å². The number of carbonyl (C=O) groups is 1. The lowest BCUT2D eigenvalue weighted by Gasteiger charge is -2.13. The third-order valence-corrected chi connectivity index (χ3v) is 4.81. The maximum Gasteiger partial charge on any atom is 0.416 e. The van der Waals surface area contributed by atoms with Crippen molar-refractivity contribution in [2.45, 2.75) is 13.1 Å². The predicted molar refractivity (Wildman–Crippen MR) is 119 cm³/mol. The van der Waals surface area contributed by atoms with Crippen LogP contribution in [-0.4, -0.2) is 20.9 Å². The van der Waals surface area contributed by atoms with Crippen LogP contribution >= 0.6 is 0 Å². The van der Waals surface area contributed by atoms with E-state index >= 15 is 0 Å². The van der Waals surface area contributed by atoms with E-state index in [1.165, 1.54) is 12.1 Å². The lowest BCUT2D eigenvalue weighted by molar-refractivity contribution is -0.137. The lowest BCUT2D eigenvalue weighted by Crippen LogP contribution is -2.14. The third kappa shape index (κ3) is 5.32. The summed E-state index contributed by atoms with van der Waals surface area (Å²) in [6.07, 6.45) is 0.460. The fourth-order valence-corrected chi connectivity index (χ4v) is 3.09. The zero-order chi connectivity index (χ0) is 23.4. The van der Waals surface area contributed by atoms with Crippen molar-refractivity contribution < 1.29 is 18.0 Å². The molecule has 0 fully saturated rings. The molecule has 2 aromatic heterocycles. The van der Waals surface area contributed by atoms with E-state index in [4.69, 9.17) is 0 Å². The first kappa shape index (κ1) is 21.9. The van der Waals surface area contributed by atoms with Crippen LogP contribution in [0.25, 0.3) is 11.3 Å². The number of nitrogens with zero attached hydrogens (tertiary/aromatic N) is 3. The number of rotatable bonds is 5. The van der Waals surface area contributed by atoms with Gasteiger partial charge in [0.05, 0.1) is 11.3 Å². The van der Waals surface area contributed by atoms with Gasteiger partial charge in [0.25, 0.3) is 5.91 Å². The molecule has 4 aromatic rings. The zero-order valence-corrected chi connectivity index (χ0v) is 17.4. The number of nitrogens with one attached hydrogen (secondary N) is 2. The molecule has 166 valence electrons. The molecule has 0 aliphatic rings. The molecule has 0 radical (unpaired) electrons. The maximum atomic E-state index is 12.9. The maximum absolute atomic E-state index is 12.9. The fraction of sp³-hybridized carbons (Fsp3) is 0.0833. The Bertz CT molecular complexity index is 1290. The highest BCUT2D eigenvalue weighted by Crippen LogP contribution is 2.30. The molecule has 0 aliphatic carbocycles. The zero-order valence-electron chi connectivity index (χ0n) is 17.4. The first-order valence-electron chi connectivity index (χ1n) is 9.89. The van der Waals surface area contributed by atoms with Gasteiger partial charge in [-0.2, -0.15) is 13.2 Å². The Labute approximate surface area is 187 Å². The number of benzene rings is 2. The SMILES string of the molecule is Cc1ccc(NC(=O)c2cccc(C(F)(F)F)c2)cc1Nc1nccc(-c2cccnc2)n1. The summed E-state index contributed by atoms with van der Waals surface area (Å²) in [5, 5.41) is 5.75. The number of aryl methyl sites for hydroxylation is 1. The number of amides is 1. The van der Waals surface area contributed by atoms with Crippen LogP contribution in [0.2, 0.25) is 0 Å². The summed E-state index contributed by atoms with van der Waals surface area (Å²) in [6, 6.07) is 14.8. The summed E-state index contributed by atoms with van der Waals surface area (Å²) in [4.78, 5) is 25.3. The van der Waals surface area contributed by atoms with Crippen LogP contribution in [0.3, 0.4) is 0 Å². The van der Waals surface area contributed by atoms with Crippen molar-refractivity contribution in [3.05, 3.63) is 95.9 Å². The number of aromatic nitrogens is 3. The first-order chi connectivity index (χ1) is 15.8. The highest BCUT2D eigenvalue weighted by Gasteiger charge is 2.30. The van der Waals surface area contributed by atoms with E-state index in [0.29, 0.717) is 23.0 Å². The molecule has 2 N–H and O–H groups in total. The predicted octanol–water partition coefficient (Wildman–Crippen LogP) is 5.86. The molecule has 0 unspecified atom stereocenters. The van der Waals surface area contributed by atoms with E-state index in [1.54, 1.807) is 42.9 Å². The van der Waals surface area contributed by atoms with E-state index in [9.17, 15) is 18.0 Å². The van der Waals surface area contributed by atoms with Crippen LogP contribution < -0.4 is 10.6 Å². The molecule has 2 heterocycles. The van der Waals surface area contributed by atoms with Crippen molar-refractivity contribution in [2.75, 3.05) is 10.6 Å². The van der Waals surface area contributed by atoms with Gasteiger partial charge in [0.15, 0.2) is 0 Å². The number of carbonyl (C=O) groups excluding carboxylic acids is 1. The van der Waals surface area contributed by atoms with E-state index in [2.05, 4.69) is 25.6 Å². The van der Waals surface area contributed by atoms with Crippen molar-refractivity contribution >= 4 is 23.2 Å². The summed E-state index contributed by atoms with van der Waals surface area (Å²) in [7, 11) is 0. The Kier molecular flexibility index (Phi) is 6.03. The highest BCUT2D eigenvalue weighted by atomic mass is 19.4. The van der Waals surface area contributed by atoms with Gasteiger partial charge in [-0.05, 0) is 61.0 Å². The van der Waals surface area contributed by atoms with Crippen molar-refractivity contribution in [2.24, 2.45) is 0 Å². The molecule has 0 bridgehead atoms. The Balaban J connectivity index is 1.54. The third-order valence-electron chi connectivity index (χ3n) is 4.81. The molecule has 0 aliphatic heterocycles. The second-order valence-corrected chi connectivity index (χ2v) is 7.19. The van der Waals surface area contributed by atoms with Gasteiger partial charge in [-0.25, -0.2) is 9.97 Å². The van der Waals surface area contributed by atoms with Crippen molar-refractivity contribution in [1.29, 1.82) is 0 Å². The van der Waals surface area contributed by atoms with Crippen LogP contribution in [0.5, 0.6) is 0 Å². The number of hydrogen-bond acceptors (Lipinski definition) is 5. The highest BCUT2D eigenvalue weighted by molar-refractivity contribution is 6.04. The smallest absolute Gasteiger partial charge is 0.324 e. The van der Waals surface area contributed by atoms with E-state index in [0.717, 1.165) is 23.3 Å². The average Bonchev–Trinajstić information content (AvgIpc) is 2.81. The molecule has 33 heavy (non-hydrogen) atoms. The van der Waals surface area contributed by atoms with Gasteiger partial charge in [-0.3, -0.25) is 9.78 Å². The van der Waals surface area contributed by atoms with Gasteiger partial charge in [0, 0.05) is 41.1 Å². The molecule has 6 nitrogen and oxygen atoms in total. The minimum atomic E-state index is -4.53. The van der Waals surface area contributed by atoms with Crippen molar-refractivity contribution in [3.63, 3.8) is 0 Å². The standard InChI is InChI=1S/C24H18F3N5O/c1-15-7-8-19(30-22(33)16-4-2-6-18(12-16)24(25,26)27)13-21(15)32-23-29-11-9-20(31-23)17-5-3-10-28-14-17/h2-14H,1H3,(H,30,33)(H,29,31,32). The molecular weight excluding hydrogens is 431 g/mol. The second-order valence-electron chi connectivity index (χ2n) is 7.19. The largest absolute Gasteiger partial charge is 0.416 e. The molecule has 0 atom stereocenters. The first-order valence-corrected chi connectivity index (χ1v) is 9.89. The molecule has 4 rings (SSSR count). The van der Waals surface area contributed by atoms with Gasteiger partial charge >= 0.3 is 6.18 Å². The van der Waals surface area contributed by atoms with Gasteiger partial charge in [0.1, 0.15) is 0 Å². The number of pyridine rings is 1. The minimum Gasteiger partial charge on any atom is -0.324 e. The molecule has 1 amide bonds. The quantitative estimate of drug-likeness (QED) is 0.399. The minimum absolute atomic E-state index is 0.0904. The van der Waals surface area contributed by atoms with Crippen molar-refractivity contribution in [3.8, 4) is 11.3 Å². The average molecular weight is 449 g/mol. The summed E-state index contributed by atoms with van der Waals surface area (Å²) < 4.78 is 38.8. The summed E-state index contributed by atoms with van der Waals surface area (Å²) in [5.74, 6) is -0.300. The van der Waals surface area contributed by atoms with Gasteiger partial charge in [0.2, 0.25) is 5.95 Å². The number of halogens is 3. The summed E-state index contributed by atoms with van der Waals surface area (Å²) >= 11 is 0. The van der Waals surface area contributed by atoms with Crippen LogP contribution in [0, 0.1) is 6.92 Å².